The first-order valence-corrected chi connectivity index (χ1v) is 36.2. The van der Waals surface area contributed by atoms with Crippen molar-refractivity contribution in [2.75, 3.05) is 55.4 Å². The minimum atomic E-state index is -1.81. The van der Waals surface area contributed by atoms with Crippen LogP contribution in [0.4, 0.5) is 0 Å². The largest absolute Gasteiger partial charge is 0.461 e. The Morgan fingerprint density at radius 2 is 0.881 bits per heavy atom. The van der Waals surface area contributed by atoms with Gasteiger partial charge in [-0.25, -0.2) is 9.59 Å². The topological polar surface area (TPSA) is 323 Å². The van der Waals surface area contributed by atoms with Gasteiger partial charge < -0.3 is 98.0 Å². The Hall–Kier alpha value is -4.81. The summed E-state index contributed by atoms with van der Waals surface area (Å²) in [6.07, 6.45) is -12.2. The molecule has 0 radical (unpaired) electrons. The Morgan fingerprint density at radius 3 is 1.22 bits per heavy atom. The van der Waals surface area contributed by atoms with Crippen LogP contribution in [-0.4, -0.2) is 273 Å². The quantitative estimate of drug-likeness (QED) is 0.0860. The molecule has 101 heavy (non-hydrogen) atoms. The molecule has 2 aromatic rings. The second-order valence-electron chi connectivity index (χ2n) is 31.3. The van der Waals surface area contributed by atoms with Crippen molar-refractivity contribution in [3.8, 4) is 0 Å². The van der Waals surface area contributed by atoms with E-state index >= 15 is 0 Å². The summed E-state index contributed by atoms with van der Waals surface area (Å²) in [6, 6.07) is 15.6. The third-order valence-electron chi connectivity index (χ3n) is 21.6. The van der Waals surface area contributed by atoms with Crippen LogP contribution in [-0.2, 0) is 57.0 Å². The molecule has 0 aliphatic carbocycles. The Morgan fingerprint density at radius 1 is 0.535 bits per heavy atom. The molecule has 0 saturated carbocycles. The standard InChI is InChI=1S/C39H64N2O11.C37H62N2O10/c1-13-30-39(9,47)33(43)26(6)41(12)21-22(2)20-38(8,46)34(24(4)31(49-27(7)42)25(5)35(44)50-30)52-37-32(29(40(10)11)19-23(3)48-37)51-36(45)28-17-15-14-16-18-28;1-12-28-37(8,45)31(41)25(6)39(11)20-21(2)19-36(7,44)32(23(4)29(40)24(5)33(42)47-28)49-35-30(27(38(9)10)18-22(3)46-35)48-34(43)26-16-14-13-15-17-26/h14-18,22-26,29-34,37,43,46-47H,13,19-21H2,1-12H3;13-17,21-25,27-32,35,40-41,44-45H,12,18-20H2,1-11H3/t22-,23-,24+,25-,26-,29+,30-,31+,32-,33-,34-,37+,38-,39-;21-,22-,23+,24-,25-,27+,28-,29+,30-,31-,32-,35+,36-,37-/m11/s1. The predicted octanol–water partition coefficient (Wildman–Crippen LogP) is 6.25. The van der Waals surface area contributed by atoms with Crippen LogP contribution in [0.15, 0.2) is 60.7 Å². The van der Waals surface area contributed by atoms with Crippen molar-refractivity contribution in [2.45, 2.75) is 289 Å². The van der Waals surface area contributed by atoms with Gasteiger partial charge in [-0.2, -0.15) is 0 Å². The number of cyclic esters (lactones) is 2. The first-order valence-electron chi connectivity index (χ1n) is 36.2. The Bertz CT molecular complexity index is 2920. The number of esters is 5. The van der Waals surface area contributed by atoms with Crippen LogP contribution < -0.4 is 0 Å². The molecule has 7 N–H and O–H groups in total. The van der Waals surface area contributed by atoms with Gasteiger partial charge in [0.1, 0.15) is 41.7 Å². The SMILES string of the molecule is CC[C@H]1OC(=O)[C@H](C)[C@@H](O)[C@H](C)[C@@H](O[C@@H]2O[C@H](C)C[C@H](N(C)C)[C@H]2OC(=O)c2ccccc2)[C@](C)(O)C[C@@H](C)CN(C)[C@H](C)[C@@H](O)[C@]1(C)O.CC[C@H]1OC(=O)[C@H](C)[C@@H](OC(C)=O)[C@H](C)[C@@H](O[C@@H]2O[C@H](C)C[C@H](N(C)C)[C@H]2OC(=O)c2ccccc2)[C@](C)(O)C[C@@H](C)CN(C)[C@H](C)[C@@H](O)[C@]1(C)O. The van der Waals surface area contributed by atoms with Gasteiger partial charge in [-0.1, -0.05) is 77.9 Å². The molecular formula is C76H126N4O21. The summed E-state index contributed by atoms with van der Waals surface area (Å²) >= 11 is 0. The summed E-state index contributed by atoms with van der Waals surface area (Å²) in [7, 11) is 11.2. The molecule has 28 atom stereocenters. The predicted molar refractivity (Wildman–Crippen MR) is 379 cm³/mol. The van der Waals surface area contributed by atoms with Crippen molar-refractivity contribution in [1.29, 1.82) is 0 Å². The fourth-order valence-corrected chi connectivity index (χ4v) is 15.6. The highest BCUT2D eigenvalue weighted by Crippen LogP contribution is 2.41. The van der Waals surface area contributed by atoms with E-state index in [4.69, 9.17) is 42.6 Å². The number of hydrogen-bond donors (Lipinski definition) is 7. The van der Waals surface area contributed by atoms with E-state index in [1.165, 1.54) is 27.7 Å². The van der Waals surface area contributed by atoms with Gasteiger partial charge in [0.2, 0.25) is 0 Å². The molecule has 576 valence electrons. The van der Waals surface area contributed by atoms with Gasteiger partial charge in [0.05, 0.1) is 76.8 Å². The van der Waals surface area contributed by atoms with Crippen LogP contribution in [0.25, 0.3) is 0 Å². The fraction of sp³-hybridized carbons (Fsp3) is 0.776. The highest BCUT2D eigenvalue weighted by atomic mass is 16.7. The van der Waals surface area contributed by atoms with Gasteiger partial charge in [0.25, 0.3) is 0 Å². The second-order valence-corrected chi connectivity index (χ2v) is 31.3. The first kappa shape index (κ1) is 86.8. The molecule has 4 saturated heterocycles. The minimum Gasteiger partial charge on any atom is -0.461 e. The van der Waals surface area contributed by atoms with Crippen molar-refractivity contribution < 1.29 is 102 Å². The lowest BCUT2D eigenvalue weighted by molar-refractivity contribution is -0.298. The summed E-state index contributed by atoms with van der Waals surface area (Å²) in [5.41, 5.74) is -6.06. The van der Waals surface area contributed by atoms with Gasteiger partial charge >= 0.3 is 29.8 Å². The second kappa shape index (κ2) is 36.9. The number of benzene rings is 2. The maximum atomic E-state index is 13.9. The summed E-state index contributed by atoms with van der Waals surface area (Å²) in [5.74, 6) is -7.47. The van der Waals surface area contributed by atoms with E-state index in [1.54, 1.807) is 117 Å². The molecule has 0 aromatic heterocycles. The van der Waals surface area contributed by atoms with E-state index in [0.717, 1.165) is 0 Å². The molecule has 6 rings (SSSR count). The maximum Gasteiger partial charge on any atom is 0.338 e. The zero-order valence-electron chi connectivity index (χ0n) is 64.4. The van der Waals surface area contributed by atoms with Crippen LogP contribution in [0.3, 0.4) is 0 Å². The molecule has 0 amide bonds. The van der Waals surface area contributed by atoms with Crippen LogP contribution in [0.2, 0.25) is 0 Å². The highest BCUT2D eigenvalue weighted by molar-refractivity contribution is 5.90. The highest BCUT2D eigenvalue weighted by Gasteiger charge is 2.55. The molecule has 25 nitrogen and oxygen atoms in total. The fourth-order valence-electron chi connectivity index (χ4n) is 15.6. The minimum absolute atomic E-state index is 0.148. The molecule has 4 fully saturated rings. The number of likely N-dealkylation sites (N-methyl/N-ethyl adjacent to an activating group) is 4. The van der Waals surface area contributed by atoms with E-state index in [-0.39, 0.29) is 61.8 Å². The maximum absolute atomic E-state index is 13.9. The summed E-state index contributed by atoms with van der Waals surface area (Å²) < 4.78 is 55.9. The van der Waals surface area contributed by atoms with Gasteiger partial charge in [-0.05, 0) is 186 Å². The summed E-state index contributed by atoms with van der Waals surface area (Å²) in [6.45, 7) is 29.6. The molecular weight excluding hydrogens is 1300 g/mol. The molecule has 4 aliphatic rings. The van der Waals surface area contributed by atoms with E-state index in [2.05, 4.69) is 0 Å². The monoisotopic (exact) mass is 1430 g/mol. The average Bonchev–Trinajstić information content (AvgIpc) is 1.24. The van der Waals surface area contributed by atoms with Gasteiger partial charge in [-0.15, -0.1) is 0 Å². The van der Waals surface area contributed by atoms with Crippen LogP contribution >= 0.6 is 0 Å². The van der Waals surface area contributed by atoms with Gasteiger partial charge in [0, 0.05) is 43.9 Å². The number of carbonyl (C=O) groups is 5. The number of ether oxygens (including phenoxy) is 9. The molecule has 4 aliphatic heterocycles. The van der Waals surface area contributed by atoms with Crippen molar-refractivity contribution in [1.82, 2.24) is 19.6 Å². The number of aliphatic hydroxyl groups excluding tert-OH is 3. The van der Waals surface area contributed by atoms with Gasteiger partial charge in [-0.3, -0.25) is 14.4 Å². The van der Waals surface area contributed by atoms with Crippen LogP contribution in [0.5, 0.6) is 0 Å². The first-order chi connectivity index (χ1) is 46.8. The van der Waals surface area contributed by atoms with Crippen molar-refractivity contribution in [3.05, 3.63) is 71.8 Å². The number of nitrogens with zero attached hydrogens (tertiary/aromatic N) is 4. The number of aliphatic hydroxyl groups is 7. The zero-order chi connectivity index (χ0) is 76.3. The number of rotatable bonds is 13. The van der Waals surface area contributed by atoms with E-state index in [0.29, 0.717) is 37.1 Å². The number of carbonyl (C=O) groups excluding carboxylic acids is 5. The van der Waals surface area contributed by atoms with E-state index in [1.807, 2.05) is 95.6 Å². The Labute approximate surface area is 600 Å². The van der Waals surface area contributed by atoms with Gasteiger partial charge in [0.15, 0.2) is 24.8 Å². The summed E-state index contributed by atoms with van der Waals surface area (Å²) in [5, 5.41) is 82.2. The Balaban J connectivity index is 0.000000364. The lowest BCUT2D eigenvalue weighted by atomic mass is 9.77. The molecule has 25 heteroatoms. The zero-order valence-corrected chi connectivity index (χ0v) is 64.4. The lowest BCUT2D eigenvalue weighted by Crippen LogP contribution is -2.60. The Kier molecular flexibility index (Phi) is 31.8. The number of hydrogen-bond acceptors (Lipinski definition) is 25. The average molecular weight is 1430 g/mol. The van der Waals surface area contributed by atoms with E-state index in [9.17, 15) is 59.7 Å². The molecule has 0 unspecified atom stereocenters. The van der Waals surface area contributed by atoms with Crippen LogP contribution in [0.1, 0.15) is 177 Å². The third-order valence-corrected chi connectivity index (χ3v) is 21.6. The molecule has 2 aromatic carbocycles. The lowest BCUT2D eigenvalue weighted by Gasteiger charge is -2.47. The molecule has 4 heterocycles. The molecule has 0 bridgehead atoms. The van der Waals surface area contributed by atoms with Crippen molar-refractivity contribution in [3.63, 3.8) is 0 Å². The smallest absolute Gasteiger partial charge is 0.338 e. The summed E-state index contributed by atoms with van der Waals surface area (Å²) in [4.78, 5) is 74.5. The molecule has 0 spiro atoms. The normalized spacial score (nSPS) is 41.2. The third kappa shape index (κ3) is 22.1. The van der Waals surface area contributed by atoms with Crippen molar-refractivity contribution in [2.24, 2.45) is 35.5 Å². The van der Waals surface area contributed by atoms with E-state index < -0.39 is 162 Å². The van der Waals surface area contributed by atoms with Crippen LogP contribution in [0, 0.1) is 35.5 Å². The van der Waals surface area contributed by atoms with Crippen molar-refractivity contribution >= 4 is 29.8 Å².